The lowest BCUT2D eigenvalue weighted by Crippen LogP contribution is -2.11. The quantitative estimate of drug-likeness (QED) is 0.749. The molecule has 0 aliphatic heterocycles. The fourth-order valence-electron chi connectivity index (χ4n) is 3.58. The summed E-state index contributed by atoms with van der Waals surface area (Å²) in [4.78, 5) is 0. The summed E-state index contributed by atoms with van der Waals surface area (Å²) in [6, 6.07) is 11.7. The fourth-order valence-corrected chi connectivity index (χ4v) is 3.58. The van der Waals surface area contributed by atoms with Gasteiger partial charge >= 0.3 is 0 Å². The molecule has 0 aromatic heterocycles. The van der Waals surface area contributed by atoms with Crippen molar-refractivity contribution >= 4 is 0 Å². The smallest absolute Gasteiger partial charge is 0.118 e. The van der Waals surface area contributed by atoms with E-state index in [0.717, 1.165) is 28.7 Å². The number of allylic oxidation sites excluding steroid dienone is 4. The number of hydrogen-bond donors (Lipinski definition) is 2. The number of aromatic hydroxyl groups is 2. The molecule has 130 valence electrons. The molecule has 3 rings (SSSR count). The minimum absolute atomic E-state index is 0.0950. The second-order valence-corrected chi connectivity index (χ2v) is 7.25. The zero-order valence-corrected chi connectivity index (χ0v) is 15.4. The average molecular weight is 334 g/mol. The maximum absolute atomic E-state index is 9.92. The van der Waals surface area contributed by atoms with Crippen LogP contribution in [0.1, 0.15) is 48.4 Å². The normalized spacial score (nSPS) is 17.4. The number of phenolic OH excluding ortho intramolecular Hbond substituents is 2. The van der Waals surface area contributed by atoms with Crippen LogP contribution >= 0.6 is 0 Å². The first-order chi connectivity index (χ1) is 11.9. The van der Waals surface area contributed by atoms with Crippen molar-refractivity contribution in [1.82, 2.24) is 0 Å². The van der Waals surface area contributed by atoms with Gasteiger partial charge in [0.1, 0.15) is 11.5 Å². The second-order valence-electron chi connectivity index (χ2n) is 7.25. The van der Waals surface area contributed by atoms with Crippen molar-refractivity contribution < 1.29 is 10.2 Å². The summed E-state index contributed by atoms with van der Waals surface area (Å²) in [7, 11) is 0. The van der Waals surface area contributed by atoms with E-state index in [1.165, 1.54) is 11.1 Å². The molecule has 1 aliphatic carbocycles. The number of benzene rings is 2. The maximum Gasteiger partial charge on any atom is 0.118 e. The Morgan fingerprint density at radius 1 is 0.880 bits per heavy atom. The number of aryl methyl sites for hydroxylation is 2. The van der Waals surface area contributed by atoms with Crippen molar-refractivity contribution in [2.24, 2.45) is 5.92 Å². The first-order valence-electron chi connectivity index (χ1n) is 8.84. The highest BCUT2D eigenvalue weighted by Crippen LogP contribution is 2.40. The molecule has 0 bridgehead atoms. The Labute approximate surface area is 150 Å². The van der Waals surface area contributed by atoms with Crippen molar-refractivity contribution in [2.45, 2.75) is 40.0 Å². The summed E-state index contributed by atoms with van der Waals surface area (Å²) in [5, 5.41) is 19.8. The van der Waals surface area contributed by atoms with Crippen LogP contribution in [-0.2, 0) is 0 Å². The lowest BCUT2D eigenvalue weighted by Gasteiger charge is -2.27. The van der Waals surface area contributed by atoms with Gasteiger partial charge in [-0.15, -0.1) is 0 Å². The third kappa shape index (κ3) is 3.48. The molecule has 2 nitrogen and oxygen atoms in total. The predicted molar refractivity (Wildman–Crippen MR) is 103 cm³/mol. The van der Waals surface area contributed by atoms with Crippen molar-refractivity contribution in [3.63, 3.8) is 0 Å². The first-order valence-corrected chi connectivity index (χ1v) is 8.84. The van der Waals surface area contributed by atoms with Crippen LogP contribution in [0.2, 0.25) is 0 Å². The van der Waals surface area contributed by atoms with E-state index in [2.05, 4.69) is 38.1 Å². The first kappa shape index (κ1) is 17.3. The highest BCUT2D eigenvalue weighted by molar-refractivity contribution is 5.53. The number of rotatable bonds is 3. The van der Waals surface area contributed by atoms with E-state index >= 15 is 0 Å². The zero-order valence-electron chi connectivity index (χ0n) is 15.4. The summed E-state index contributed by atoms with van der Waals surface area (Å²) in [5.74, 6) is 1.25. The Kier molecular flexibility index (Phi) is 4.71. The van der Waals surface area contributed by atoms with E-state index < -0.39 is 0 Å². The molecule has 2 aromatic rings. The van der Waals surface area contributed by atoms with Gasteiger partial charge in [-0.2, -0.15) is 0 Å². The summed E-state index contributed by atoms with van der Waals surface area (Å²) in [6.07, 6.45) is 5.75. The molecule has 0 amide bonds. The average Bonchev–Trinajstić information content (AvgIpc) is 2.57. The van der Waals surface area contributed by atoms with Crippen molar-refractivity contribution in [1.29, 1.82) is 0 Å². The van der Waals surface area contributed by atoms with Gasteiger partial charge in [-0.25, -0.2) is 0 Å². The molecule has 0 radical (unpaired) electrons. The molecule has 2 heteroatoms. The Morgan fingerprint density at radius 2 is 1.40 bits per heavy atom. The highest BCUT2D eigenvalue weighted by Gasteiger charge is 2.24. The maximum atomic E-state index is 9.92. The highest BCUT2D eigenvalue weighted by atomic mass is 16.3. The van der Waals surface area contributed by atoms with Crippen LogP contribution in [0.25, 0.3) is 0 Å². The molecule has 0 heterocycles. The van der Waals surface area contributed by atoms with Gasteiger partial charge < -0.3 is 10.2 Å². The monoisotopic (exact) mass is 334 g/mol. The third-order valence-corrected chi connectivity index (χ3v) is 5.13. The molecule has 0 spiro atoms. The molecule has 1 atom stereocenters. The Bertz CT molecular complexity index is 807. The molecular weight excluding hydrogens is 308 g/mol. The van der Waals surface area contributed by atoms with E-state index in [1.807, 2.05) is 26.0 Å². The molecule has 0 saturated carbocycles. The minimum Gasteiger partial charge on any atom is -0.508 e. The SMILES string of the molecule is CC1=CCC(C)C=C1C(c1ccc(O)c(C)c1)c1ccc(O)c(C)c1. The third-order valence-electron chi connectivity index (χ3n) is 5.13. The van der Waals surface area contributed by atoms with Crippen LogP contribution in [-0.4, -0.2) is 10.2 Å². The largest absolute Gasteiger partial charge is 0.508 e. The van der Waals surface area contributed by atoms with Crippen molar-refractivity contribution in [3.05, 3.63) is 82.0 Å². The van der Waals surface area contributed by atoms with Gasteiger partial charge in [0.05, 0.1) is 0 Å². The lowest BCUT2D eigenvalue weighted by molar-refractivity contribution is 0.470. The molecule has 25 heavy (non-hydrogen) atoms. The van der Waals surface area contributed by atoms with Crippen LogP contribution in [0.3, 0.4) is 0 Å². The predicted octanol–water partition coefficient (Wildman–Crippen LogP) is 5.76. The van der Waals surface area contributed by atoms with Gasteiger partial charge in [-0.05, 0) is 73.1 Å². The van der Waals surface area contributed by atoms with E-state index in [9.17, 15) is 10.2 Å². The molecular formula is C23H26O2. The van der Waals surface area contributed by atoms with E-state index in [-0.39, 0.29) is 5.92 Å². The van der Waals surface area contributed by atoms with E-state index in [0.29, 0.717) is 17.4 Å². The van der Waals surface area contributed by atoms with Crippen LogP contribution in [0.15, 0.2) is 59.7 Å². The molecule has 1 aliphatic rings. The van der Waals surface area contributed by atoms with Crippen LogP contribution < -0.4 is 0 Å². The summed E-state index contributed by atoms with van der Waals surface area (Å²) in [6.45, 7) is 8.27. The van der Waals surface area contributed by atoms with Gasteiger partial charge in [-0.1, -0.05) is 48.9 Å². The molecule has 0 fully saturated rings. The lowest BCUT2D eigenvalue weighted by atomic mass is 9.77. The fraction of sp³-hybridized carbons (Fsp3) is 0.304. The van der Waals surface area contributed by atoms with Gasteiger partial charge in [0.15, 0.2) is 0 Å². The summed E-state index contributed by atoms with van der Waals surface area (Å²) in [5.41, 5.74) is 6.70. The molecule has 2 aromatic carbocycles. The zero-order chi connectivity index (χ0) is 18.1. The molecule has 1 unspecified atom stereocenters. The standard InChI is InChI=1S/C23H26O2/c1-14-5-6-15(2)20(11-14)23(18-7-9-21(24)16(3)12-18)19-8-10-22(25)17(4)13-19/h6-14,23-25H,5H2,1-4H3. The number of phenols is 2. The Balaban J connectivity index is 2.19. The van der Waals surface area contributed by atoms with Crippen molar-refractivity contribution in [2.75, 3.05) is 0 Å². The van der Waals surface area contributed by atoms with Crippen LogP contribution in [0.4, 0.5) is 0 Å². The van der Waals surface area contributed by atoms with Crippen molar-refractivity contribution in [3.8, 4) is 11.5 Å². The second kappa shape index (κ2) is 6.79. The topological polar surface area (TPSA) is 40.5 Å². The number of hydrogen-bond acceptors (Lipinski definition) is 2. The van der Waals surface area contributed by atoms with E-state index in [1.54, 1.807) is 12.1 Å². The van der Waals surface area contributed by atoms with Gasteiger partial charge in [0.2, 0.25) is 0 Å². The summed E-state index contributed by atoms with van der Waals surface area (Å²) < 4.78 is 0. The van der Waals surface area contributed by atoms with Crippen LogP contribution in [0.5, 0.6) is 11.5 Å². The molecule has 2 N–H and O–H groups in total. The van der Waals surface area contributed by atoms with E-state index in [4.69, 9.17) is 0 Å². The molecule has 0 saturated heterocycles. The van der Waals surface area contributed by atoms with Gasteiger partial charge in [-0.3, -0.25) is 0 Å². The van der Waals surface area contributed by atoms with Crippen LogP contribution in [0, 0.1) is 19.8 Å². The Hall–Kier alpha value is -2.48. The summed E-state index contributed by atoms with van der Waals surface area (Å²) >= 11 is 0. The van der Waals surface area contributed by atoms with Gasteiger partial charge in [0, 0.05) is 5.92 Å². The minimum atomic E-state index is 0.0950. The Morgan fingerprint density at radius 3 is 1.88 bits per heavy atom. The van der Waals surface area contributed by atoms with Gasteiger partial charge in [0.25, 0.3) is 0 Å².